The topological polar surface area (TPSA) is 15.3 Å². The van der Waals surface area contributed by atoms with Gasteiger partial charge in [0.2, 0.25) is 0 Å². The van der Waals surface area contributed by atoms with Crippen molar-refractivity contribution in [1.82, 2.24) is 0 Å². The number of hydrogen-bond acceptors (Lipinski definition) is 2. The number of anilines is 2. The fraction of sp³-hybridized carbons (Fsp3) is 0.273. The molecule has 2 heterocycles. The van der Waals surface area contributed by atoms with E-state index in [0.717, 1.165) is 0 Å². The van der Waals surface area contributed by atoms with E-state index >= 15 is 0 Å². The summed E-state index contributed by atoms with van der Waals surface area (Å²) in [6, 6.07) is 34.3. The van der Waals surface area contributed by atoms with Crippen LogP contribution in [0.25, 0.3) is 11.1 Å². The predicted molar refractivity (Wildman–Crippen MR) is 160 cm³/mol. The molecule has 1 spiro atoms. The van der Waals surface area contributed by atoms with Crippen molar-refractivity contribution >= 4 is 34.2 Å². The summed E-state index contributed by atoms with van der Waals surface area (Å²) in [5.41, 5.74) is 8.09. The summed E-state index contributed by atoms with van der Waals surface area (Å²) in [5, 5.41) is 8.59. The average molecular weight is 493 g/mol. The first kappa shape index (κ1) is 23.3. The summed E-state index contributed by atoms with van der Waals surface area (Å²) in [4.78, 5) is 0. The van der Waals surface area contributed by atoms with Gasteiger partial charge in [0.1, 0.15) is 0 Å². The van der Waals surface area contributed by atoms with Crippen LogP contribution in [0.3, 0.4) is 0 Å². The maximum absolute atomic E-state index is 4.41. The predicted octanol–water partition coefficient (Wildman–Crippen LogP) is 7.48. The zero-order chi connectivity index (χ0) is 25.5. The molecule has 0 saturated heterocycles. The van der Waals surface area contributed by atoms with Crippen molar-refractivity contribution in [2.75, 3.05) is 16.8 Å². The Morgan fingerprint density at radius 1 is 0.639 bits per heavy atom. The van der Waals surface area contributed by atoms with Crippen LogP contribution in [0.1, 0.15) is 52.7 Å². The number of benzene rings is 4. The van der Waals surface area contributed by atoms with E-state index in [4.69, 9.17) is 0 Å². The second-order valence-corrected chi connectivity index (χ2v) is 16.9. The van der Waals surface area contributed by atoms with Gasteiger partial charge in [0.15, 0.2) is 0 Å². The van der Waals surface area contributed by atoms with Gasteiger partial charge < -0.3 is 0 Å². The molecule has 36 heavy (non-hydrogen) atoms. The van der Waals surface area contributed by atoms with Crippen molar-refractivity contribution in [3.05, 3.63) is 102 Å². The van der Waals surface area contributed by atoms with Gasteiger partial charge in [-0.3, -0.25) is 0 Å². The second-order valence-electron chi connectivity index (χ2n) is 12.5. The summed E-state index contributed by atoms with van der Waals surface area (Å²) >= 11 is 0. The van der Waals surface area contributed by atoms with Crippen LogP contribution in [-0.4, -0.2) is 7.05 Å². The zero-order valence-corrected chi connectivity index (χ0v) is 23.4. The molecule has 2 aliphatic heterocycles. The molecule has 0 aromatic heterocycles. The van der Waals surface area contributed by atoms with Crippen molar-refractivity contribution in [3.63, 3.8) is 0 Å². The molecular formula is C33H37N2P. The van der Waals surface area contributed by atoms with Crippen molar-refractivity contribution in [1.29, 1.82) is 0 Å². The number of nitrogens with one attached hydrogen (secondary N) is 1. The molecule has 4 aromatic rings. The molecule has 0 aliphatic carbocycles. The minimum absolute atomic E-state index is 0.00666. The Bertz CT molecular complexity index is 1460. The summed E-state index contributed by atoms with van der Waals surface area (Å²) < 4.78 is 2.66. The summed E-state index contributed by atoms with van der Waals surface area (Å²) in [6.45, 7) is 10.7. The van der Waals surface area contributed by atoms with E-state index in [9.17, 15) is 0 Å². The fourth-order valence-corrected chi connectivity index (χ4v) is 12.9. The van der Waals surface area contributed by atoms with E-state index in [-0.39, 0.29) is 10.8 Å². The molecule has 1 N–H and O–H groups in total. The Labute approximate surface area is 216 Å². The molecule has 0 atom stereocenters. The van der Waals surface area contributed by atoms with E-state index in [0.29, 0.717) is 0 Å². The Balaban J connectivity index is 1.82. The molecule has 3 heteroatoms. The molecule has 0 amide bonds. The third-order valence-electron chi connectivity index (χ3n) is 8.37. The van der Waals surface area contributed by atoms with Crippen molar-refractivity contribution in [2.45, 2.75) is 52.4 Å². The number of hydrogen-bond donors (Lipinski definition) is 1. The normalized spacial score (nSPS) is 18.1. The van der Waals surface area contributed by atoms with Crippen molar-refractivity contribution in [3.8, 4) is 11.1 Å². The SMILES string of the molecule is CN1c2cc(C(C)(C)C)cc(C(C)(C)C)c2NP12(c1ccccc1)c1ccccc1-c1ccccc12. The molecule has 0 fully saturated rings. The Kier molecular flexibility index (Phi) is 4.69. The molecule has 0 radical (unpaired) electrons. The van der Waals surface area contributed by atoms with Gasteiger partial charge in [0, 0.05) is 0 Å². The number of rotatable bonds is 1. The fourth-order valence-electron chi connectivity index (χ4n) is 6.50. The first-order valence-corrected chi connectivity index (χ1v) is 15.2. The zero-order valence-electron chi connectivity index (χ0n) is 22.6. The van der Waals surface area contributed by atoms with Gasteiger partial charge in [-0.05, 0) is 0 Å². The van der Waals surface area contributed by atoms with Crippen LogP contribution in [-0.2, 0) is 10.8 Å². The van der Waals surface area contributed by atoms with E-state index < -0.39 is 6.90 Å². The third kappa shape index (κ3) is 2.72. The van der Waals surface area contributed by atoms with Gasteiger partial charge in [-0.15, -0.1) is 0 Å². The van der Waals surface area contributed by atoms with Gasteiger partial charge >= 0.3 is 217 Å². The van der Waals surface area contributed by atoms with Crippen LogP contribution in [0.15, 0.2) is 91.0 Å². The summed E-state index contributed by atoms with van der Waals surface area (Å²) in [5.74, 6) is 0. The molecule has 0 bridgehead atoms. The Hall–Kier alpha value is -3.09. The van der Waals surface area contributed by atoms with Gasteiger partial charge in [-0.2, -0.15) is 0 Å². The monoisotopic (exact) mass is 492 g/mol. The first-order valence-electron chi connectivity index (χ1n) is 13.0. The molecule has 4 aromatic carbocycles. The Morgan fingerprint density at radius 3 is 1.69 bits per heavy atom. The third-order valence-corrected chi connectivity index (χ3v) is 14.4. The van der Waals surface area contributed by atoms with Gasteiger partial charge in [-0.1, -0.05) is 0 Å². The average Bonchev–Trinajstić information content (AvgIpc) is 3.28. The van der Waals surface area contributed by atoms with Gasteiger partial charge in [0.25, 0.3) is 0 Å². The number of nitrogens with zero attached hydrogens (tertiary/aromatic N) is 1. The summed E-state index contributed by atoms with van der Waals surface area (Å²) in [7, 11) is 2.33. The van der Waals surface area contributed by atoms with Gasteiger partial charge in [-0.25, -0.2) is 0 Å². The van der Waals surface area contributed by atoms with Crippen molar-refractivity contribution < 1.29 is 0 Å². The Morgan fingerprint density at radius 2 is 1.17 bits per heavy atom. The van der Waals surface area contributed by atoms with E-state index in [1.54, 1.807) is 0 Å². The molecule has 6 rings (SSSR count). The van der Waals surface area contributed by atoms with E-state index in [1.165, 1.54) is 49.5 Å². The van der Waals surface area contributed by atoms with Crippen LogP contribution >= 0.6 is 6.90 Å². The quantitative estimate of drug-likeness (QED) is 0.277. The van der Waals surface area contributed by atoms with Crippen molar-refractivity contribution in [2.24, 2.45) is 0 Å². The standard InChI is InChI=1S/C33H37N2P/c1-32(2,3)23-21-27(33(4,5)6)31-28(22-23)35(7)36(34-31,24-15-9-8-10-16-24)29-19-13-11-17-25(29)26-18-12-14-20-30(26)36/h8-22,34H,1-7H3. The van der Waals surface area contributed by atoms with Crippen LogP contribution in [0.4, 0.5) is 11.4 Å². The number of fused-ring (bicyclic) bond motifs is 6. The second kappa shape index (κ2) is 7.24. The molecule has 2 aliphatic rings. The summed E-state index contributed by atoms with van der Waals surface area (Å²) in [6.07, 6.45) is 0. The molecule has 0 saturated carbocycles. The maximum atomic E-state index is 4.41. The molecular weight excluding hydrogens is 455 g/mol. The van der Waals surface area contributed by atoms with E-state index in [1.807, 2.05) is 0 Å². The molecule has 2 nitrogen and oxygen atoms in total. The molecule has 0 unspecified atom stereocenters. The van der Waals surface area contributed by atoms with Crippen LogP contribution < -0.4 is 25.7 Å². The first-order chi connectivity index (χ1) is 17.0. The molecule has 184 valence electrons. The van der Waals surface area contributed by atoms with E-state index in [2.05, 4.69) is 149 Å². The van der Waals surface area contributed by atoms with Crippen LogP contribution in [0.5, 0.6) is 0 Å². The van der Waals surface area contributed by atoms with Crippen LogP contribution in [0, 0.1) is 0 Å². The van der Waals surface area contributed by atoms with Crippen LogP contribution in [0.2, 0.25) is 0 Å². The minimum atomic E-state index is -3.28. The van der Waals surface area contributed by atoms with Gasteiger partial charge in [0.05, 0.1) is 0 Å².